The second-order valence-electron chi connectivity index (χ2n) is 4.09. The zero-order valence-corrected chi connectivity index (χ0v) is 11.5. The Kier molecular flexibility index (Phi) is 6.36. The van der Waals surface area contributed by atoms with Gasteiger partial charge in [-0.25, -0.2) is 9.59 Å². The summed E-state index contributed by atoms with van der Waals surface area (Å²) in [5, 5.41) is 9.57. The molecule has 6 heteroatoms. The Morgan fingerprint density at radius 2 is 2.15 bits per heavy atom. The fraction of sp³-hybridized carbons (Fsp3) is 0.429. The number of aliphatic hydroxyl groups is 1. The number of rotatable bonds is 7. The molecule has 0 aromatic carbocycles. The van der Waals surface area contributed by atoms with E-state index in [1.165, 1.54) is 13.2 Å². The first-order valence-corrected chi connectivity index (χ1v) is 6.33. The molecule has 1 aromatic heterocycles. The molecule has 1 N–H and O–H groups in total. The van der Waals surface area contributed by atoms with Crippen LogP contribution in [0.1, 0.15) is 31.9 Å². The number of unbranched alkanes of at least 4 members (excludes halogenated alkanes) is 2. The molecule has 0 bridgehead atoms. The summed E-state index contributed by atoms with van der Waals surface area (Å²) in [4.78, 5) is 22.6. The van der Waals surface area contributed by atoms with Crippen LogP contribution in [0.3, 0.4) is 0 Å². The van der Waals surface area contributed by atoms with Crippen LogP contribution < -0.4 is 10.4 Å². The van der Waals surface area contributed by atoms with Gasteiger partial charge in [-0.1, -0.05) is 19.8 Å². The van der Waals surface area contributed by atoms with Crippen molar-refractivity contribution in [3.63, 3.8) is 0 Å². The lowest BCUT2D eigenvalue weighted by molar-refractivity contribution is -0.142. The van der Waals surface area contributed by atoms with Crippen molar-refractivity contribution >= 4 is 12.0 Å². The minimum absolute atomic E-state index is 0.0114. The van der Waals surface area contributed by atoms with Crippen molar-refractivity contribution in [1.82, 2.24) is 0 Å². The standard InChI is InChI=1S/C14H18O6/c1-3-4-5-6-19-14(17)12(15)8-11-7-10(18-2)9-13(16)20-11/h7-9,15H,3-6H2,1-2H3/b12-8-. The van der Waals surface area contributed by atoms with Crippen molar-refractivity contribution in [3.05, 3.63) is 34.1 Å². The van der Waals surface area contributed by atoms with Crippen LogP contribution in [0.5, 0.6) is 5.75 Å². The first kappa shape index (κ1) is 15.8. The van der Waals surface area contributed by atoms with E-state index >= 15 is 0 Å². The molecule has 0 aliphatic carbocycles. The predicted octanol–water partition coefficient (Wildman–Crippen LogP) is 2.28. The Morgan fingerprint density at radius 1 is 1.40 bits per heavy atom. The third kappa shape index (κ3) is 5.17. The summed E-state index contributed by atoms with van der Waals surface area (Å²) < 4.78 is 14.5. The van der Waals surface area contributed by atoms with Crippen LogP contribution in [0, 0.1) is 0 Å². The highest BCUT2D eigenvalue weighted by Gasteiger charge is 2.10. The predicted molar refractivity (Wildman–Crippen MR) is 72.6 cm³/mol. The first-order valence-electron chi connectivity index (χ1n) is 6.33. The molecular formula is C14H18O6. The summed E-state index contributed by atoms with van der Waals surface area (Å²) in [6.45, 7) is 2.27. The van der Waals surface area contributed by atoms with Gasteiger partial charge < -0.3 is 19.0 Å². The van der Waals surface area contributed by atoms with E-state index < -0.39 is 17.4 Å². The fourth-order valence-electron chi connectivity index (χ4n) is 1.45. The van der Waals surface area contributed by atoms with E-state index in [9.17, 15) is 14.7 Å². The molecule has 1 rings (SSSR count). The van der Waals surface area contributed by atoms with E-state index in [0.717, 1.165) is 31.4 Å². The maximum atomic E-state index is 11.5. The zero-order chi connectivity index (χ0) is 15.0. The van der Waals surface area contributed by atoms with E-state index in [-0.39, 0.29) is 18.1 Å². The van der Waals surface area contributed by atoms with Crippen LogP contribution in [0.25, 0.3) is 6.08 Å². The van der Waals surface area contributed by atoms with E-state index in [1.54, 1.807) is 0 Å². The normalized spacial score (nSPS) is 11.2. The summed E-state index contributed by atoms with van der Waals surface area (Å²) in [5.41, 5.74) is -0.639. The molecule has 0 spiro atoms. The minimum Gasteiger partial charge on any atom is -0.502 e. The molecule has 20 heavy (non-hydrogen) atoms. The Bertz CT molecular complexity index is 529. The van der Waals surface area contributed by atoms with Gasteiger partial charge in [-0.2, -0.15) is 0 Å². The third-order valence-corrected chi connectivity index (χ3v) is 2.47. The number of esters is 1. The molecule has 0 saturated carbocycles. The Morgan fingerprint density at radius 3 is 2.80 bits per heavy atom. The number of carbonyl (C=O) groups excluding carboxylic acids is 1. The molecule has 1 heterocycles. The van der Waals surface area contributed by atoms with Gasteiger partial charge in [0.25, 0.3) is 0 Å². The summed E-state index contributed by atoms with van der Waals surface area (Å²) in [6.07, 6.45) is 3.71. The molecule has 6 nitrogen and oxygen atoms in total. The highest BCUT2D eigenvalue weighted by molar-refractivity contribution is 5.90. The van der Waals surface area contributed by atoms with Crippen molar-refractivity contribution in [2.45, 2.75) is 26.2 Å². The molecule has 0 saturated heterocycles. The molecule has 0 aliphatic heterocycles. The number of carbonyl (C=O) groups is 1. The maximum Gasteiger partial charge on any atom is 0.373 e. The molecule has 110 valence electrons. The fourth-order valence-corrected chi connectivity index (χ4v) is 1.45. The lowest BCUT2D eigenvalue weighted by Gasteiger charge is -2.03. The van der Waals surface area contributed by atoms with Crippen LogP contribution in [0.4, 0.5) is 0 Å². The number of methoxy groups -OCH3 is 1. The van der Waals surface area contributed by atoms with Crippen molar-refractivity contribution in [1.29, 1.82) is 0 Å². The Labute approximate surface area is 116 Å². The minimum atomic E-state index is -0.855. The molecule has 0 amide bonds. The van der Waals surface area contributed by atoms with E-state index in [1.807, 2.05) is 6.92 Å². The van der Waals surface area contributed by atoms with Gasteiger partial charge in [-0.15, -0.1) is 0 Å². The van der Waals surface area contributed by atoms with Gasteiger partial charge in [-0.3, -0.25) is 0 Å². The average Bonchev–Trinajstić information content (AvgIpc) is 2.42. The second kappa shape index (κ2) is 8.04. The van der Waals surface area contributed by atoms with Crippen LogP contribution >= 0.6 is 0 Å². The molecular weight excluding hydrogens is 264 g/mol. The van der Waals surface area contributed by atoms with Gasteiger partial charge in [0.05, 0.1) is 19.8 Å². The van der Waals surface area contributed by atoms with Crippen molar-refractivity contribution in [2.24, 2.45) is 0 Å². The molecule has 0 atom stereocenters. The number of aliphatic hydroxyl groups excluding tert-OH is 1. The number of hydrogen-bond donors (Lipinski definition) is 1. The summed E-state index contributed by atoms with van der Waals surface area (Å²) in [6, 6.07) is 2.53. The summed E-state index contributed by atoms with van der Waals surface area (Å²) in [7, 11) is 1.39. The Balaban J connectivity index is 2.70. The van der Waals surface area contributed by atoms with Gasteiger partial charge in [0.15, 0.2) is 0 Å². The monoisotopic (exact) mass is 282 g/mol. The molecule has 0 aliphatic rings. The molecule has 1 aromatic rings. The Hall–Kier alpha value is -2.24. The largest absolute Gasteiger partial charge is 0.502 e. The molecule has 0 unspecified atom stereocenters. The van der Waals surface area contributed by atoms with Crippen LogP contribution in [0.15, 0.2) is 27.1 Å². The second-order valence-corrected chi connectivity index (χ2v) is 4.09. The average molecular weight is 282 g/mol. The van der Waals surface area contributed by atoms with Crippen LogP contribution in [-0.2, 0) is 9.53 Å². The SMILES string of the molecule is CCCCCOC(=O)/C(O)=C/c1cc(OC)cc(=O)o1. The summed E-state index contributed by atoms with van der Waals surface area (Å²) in [5.74, 6) is -1.20. The molecule has 0 fully saturated rings. The van der Waals surface area contributed by atoms with Gasteiger partial charge in [0.1, 0.15) is 11.5 Å². The van der Waals surface area contributed by atoms with Gasteiger partial charge >= 0.3 is 11.6 Å². The summed E-state index contributed by atoms with van der Waals surface area (Å²) >= 11 is 0. The number of ether oxygens (including phenoxy) is 2. The van der Waals surface area contributed by atoms with Gasteiger partial charge in [-0.05, 0) is 6.42 Å². The number of hydrogen-bond acceptors (Lipinski definition) is 6. The first-order chi connectivity index (χ1) is 9.56. The lowest BCUT2D eigenvalue weighted by atomic mass is 10.3. The zero-order valence-electron chi connectivity index (χ0n) is 11.5. The van der Waals surface area contributed by atoms with Crippen molar-refractivity contribution in [2.75, 3.05) is 13.7 Å². The smallest absolute Gasteiger partial charge is 0.373 e. The van der Waals surface area contributed by atoms with Crippen molar-refractivity contribution < 1.29 is 23.8 Å². The van der Waals surface area contributed by atoms with E-state index in [0.29, 0.717) is 0 Å². The lowest BCUT2D eigenvalue weighted by Crippen LogP contribution is -2.09. The van der Waals surface area contributed by atoms with Gasteiger partial charge in [0, 0.05) is 12.1 Å². The third-order valence-electron chi connectivity index (χ3n) is 2.47. The van der Waals surface area contributed by atoms with Crippen molar-refractivity contribution in [3.8, 4) is 5.75 Å². The van der Waals surface area contributed by atoms with Gasteiger partial charge in [0.2, 0.25) is 5.76 Å². The quantitative estimate of drug-likeness (QED) is 0.357. The van der Waals surface area contributed by atoms with Crippen LogP contribution in [0.2, 0.25) is 0 Å². The van der Waals surface area contributed by atoms with E-state index in [4.69, 9.17) is 13.9 Å². The highest BCUT2D eigenvalue weighted by atomic mass is 16.5. The molecule has 0 radical (unpaired) electrons. The topological polar surface area (TPSA) is 86.0 Å². The van der Waals surface area contributed by atoms with Crippen LogP contribution in [-0.4, -0.2) is 24.8 Å². The highest BCUT2D eigenvalue weighted by Crippen LogP contribution is 2.12. The van der Waals surface area contributed by atoms with E-state index in [2.05, 4.69) is 0 Å². The maximum absolute atomic E-state index is 11.5.